The van der Waals surface area contributed by atoms with Crippen molar-refractivity contribution in [2.75, 3.05) is 5.32 Å². The summed E-state index contributed by atoms with van der Waals surface area (Å²) in [6, 6.07) is 0. The zero-order valence-electron chi connectivity index (χ0n) is 7.37. The van der Waals surface area contributed by atoms with E-state index >= 15 is 0 Å². The molecule has 1 N–H and O–H groups in total. The van der Waals surface area contributed by atoms with Crippen LogP contribution in [0, 0.1) is 0 Å². The molecule has 72 valence electrons. The van der Waals surface area contributed by atoms with Crippen molar-refractivity contribution < 1.29 is 4.79 Å². The Labute approximate surface area is 88.9 Å². The highest BCUT2D eigenvalue weighted by molar-refractivity contribution is 9.10. The van der Waals surface area contributed by atoms with Gasteiger partial charge in [0.2, 0.25) is 11.0 Å². The lowest BCUT2D eigenvalue weighted by Crippen LogP contribution is -2.19. The highest BCUT2D eigenvalue weighted by atomic mass is 79.9. The van der Waals surface area contributed by atoms with Gasteiger partial charge in [0.1, 0.15) is 5.01 Å². The number of aryl methyl sites for hydroxylation is 1. The SMILES string of the molecule is CCc1nnc(NC(=O)[C@H](C)Br)s1. The Hall–Kier alpha value is -0.490. The van der Waals surface area contributed by atoms with Crippen LogP contribution in [0.4, 0.5) is 5.13 Å². The fourth-order valence-electron chi connectivity index (χ4n) is 0.652. The van der Waals surface area contributed by atoms with Crippen LogP contribution in [0.3, 0.4) is 0 Å². The zero-order chi connectivity index (χ0) is 9.84. The van der Waals surface area contributed by atoms with Gasteiger partial charge >= 0.3 is 0 Å². The number of amides is 1. The van der Waals surface area contributed by atoms with Crippen LogP contribution in [0.2, 0.25) is 0 Å². The molecule has 0 aliphatic rings. The monoisotopic (exact) mass is 263 g/mol. The molecule has 0 fully saturated rings. The fraction of sp³-hybridized carbons (Fsp3) is 0.571. The smallest absolute Gasteiger partial charge is 0.239 e. The maximum absolute atomic E-state index is 11.2. The number of hydrogen-bond acceptors (Lipinski definition) is 4. The van der Waals surface area contributed by atoms with E-state index in [2.05, 4.69) is 31.4 Å². The van der Waals surface area contributed by atoms with Gasteiger partial charge in [-0.05, 0) is 13.3 Å². The summed E-state index contributed by atoms with van der Waals surface area (Å²) in [5.41, 5.74) is 0. The third-order valence-electron chi connectivity index (χ3n) is 1.36. The molecule has 0 saturated carbocycles. The largest absolute Gasteiger partial charge is 0.300 e. The summed E-state index contributed by atoms with van der Waals surface area (Å²) >= 11 is 4.57. The molecular weight excluding hydrogens is 254 g/mol. The van der Waals surface area contributed by atoms with Gasteiger partial charge in [0, 0.05) is 0 Å². The fourth-order valence-corrected chi connectivity index (χ4v) is 1.45. The first-order valence-electron chi connectivity index (χ1n) is 3.90. The summed E-state index contributed by atoms with van der Waals surface area (Å²) in [6.07, 6.45) is 0.845. The minimum Gasteiger partial charge on any atom is -0.300 e. The first-order chi connectivity index (χ1) is 6.13. The molecule has 0 bridgehead atoms. The minimum absolute atomic E-state index is 0.0983. The Kier molecular flexibility index (Phi) is 3.80. The Morgan fingerprint density at radius 2 is 2.38 bits per heavy atom. The molecule has 0 aromatic carbocycles. The van der Waals surface area contributed by atoms with Crippen LogP contribution < -0.4 is 5.32 Å². The Bertz CT molecular complexity index is 300. The maximum atomic E-state index is 11.2. The summed E-state index contributed by atoms with van der Waals surface area (Å²) < 4.78 is 0. The highest BCUT2D eigenvalue weighted by Crippen LogP contribution is 2.16. The third-order valence-corrected chi connectivity index (χ3v) is 2.76. The van der Waals surface area contributed by atoms with Gasteiger partial charge in [0.05, 0.1) is 4.83 Å². The second kappa shape index (κ2) is 4.66. The van der Waals surface area contributed by atoms with Gasteiger partial charge in [-0.25, -0.2) is 0 Å². The number of carbonyl (C=O) groups excluding carboxylic acids is 1. The van der Waals surface area contributed by atoms with Crippen molar-refractivity contribution in [2.45, 2.75) is 25.1 Å². The predicted octanol–water partition coefficient (Wildman–Crippen LogP) is 1.82. The maximum Gasteiger partial charge on any atom is 0.239 e. The number of alkyl halides is 1. The molecule has 0 unspecified atom stereocenters. The number of halogens is 1. The molecular formula is C7H10BrN3OS. The Balaban J connectivity index is 2.59. The summed E-state index contributed by atoms with van der Waals surface area (Å²) in [5.74, 6) is -0.0983. The van der Waals surface area contributed by atoms with Gasteiger partial charge in [-0.3, -0.25) is 10.1 Å². The van der Waals surface area contributed by atoms with Gasteiger partial charge < -0.3 is 0 Å². The van der Waals surface area contributed by atoms with E-state index in [0.717, 1.165) is 11.4 Å². The van der Waals surface area contributed by atoms with Gasteiger partial charge in [0.15, 0.2) is 0 Å². The summed E-state index contributed by atoms with van der Waals surface area (Å²) in [4.78, 5) is 11.0. The van der Waals surface area contributed by atoms with Crippen LogP contribution in [0.25, 0.3) is 0 Å². The molecule has 1 aromatic heterocycles. The van der Waals surface area contributed by atoms with Crippen LogP contribution >= 0.6 is 27.3 Å². The molecule has 1 heterocycles. The molecule has 1 atom stereocenters. The van der Waals surface area contributed by atoms with Crippen molar-refractivity contribution >= 4 is 38.3 Å². The minimum atomic E-state index is -0.207. The third kappa shape index (κ3) is 3.04. The lowest BCUT2D eigenvalue weighted by atomic mass is 10.5. The van der Waals surface area contributed by atoms with E-state index in [1.165, 1.54) is 11.3 Å². The number of aromatic nitrogens is 2. The molecule has 1 aromatic rings. The van der Waals surface area contributed by atoms with Gasteiger partial charge in [-0.1, -0.05) is 34.2 Å². The zero-order valence-corrected chi connectivity index (χ0v) is 9.78. The number of nitrogens with one attached hydrogen (secondary N) is 1. The lowest BCUT2D eigenvalue weighted by Gasteiger charge is -2.00. The van der Waals surface area contributed by atoms with Crippen LogP contribution in [0.1, 0.15) is 18.9 Å². The van der Waals surface area contributed by atoms with Crippen LogP contribution in [-0.4, -0.2) is 20.9 Å². The van der Waals surface area contributed by atoms with E-state index in [9.17, 15) is 4.79 Å². The second-order valence-corrected chi connectivity index (χ2v) is 4.90. The first kappa shape index (κ1) is 10.6. The molecule has 0 saturated heterocycles. The van der Waals surface area contributed by atoms with E-state index < -0.39 is 0 Å². The number of rotatable bonds is 3. The summed E-state index contributed by atoms with van der Waals surface area (Å²) in [5, 5.41) is 11.9. The molecule has 6 heteroatoms. The quantitative estimate of drug-likeness (QED) is 0.847. The van der Waals surface area contributed by atoms with Crippen molar-refractivity contribution in [1.82, 2.24) is 10.2 Å². The first-order valence-corrected chi connectivity index (χ1v) is 5.64. The van der Waals surface area contributed by atoms with Crippen LogP contribution in [0.15, 0.2) is 0 Å². The van der Waals surface area contributed by atoms with Crippen molar-refractivity contribution in [2.24, 2.45) is 0 Å². The van der Waals surface area contributed by atoms with E-state index in [4.69, 9.17) is 0 Å². The van der Waals surface area contributed by atoms with E-state index in [0.29, 0.717) is 5.13 Å². The number of carbonyl (C=O) groups is 1. The molecule has 1 amide bonds. The van der Waals surface area contributed by atoms with Crippen molar-refractivity contribution in [3.05, 3.63) is 5.01 Å². The normalized spacial score (nSPS) is 12.5. The molecule has 0 aliphatic heterocycles. The summed E-state index contributed by atoms with van der Waals surface area (Å²) in [6.45, 7) is 3.76. The molecule has 4 nitrogen and oxygen atoms in total. The lowest BCUT2D eigenvalue weighted by molar-refractivity contribution is -0.115. The average molecular weight is 264 g/mol. The topological polar surface area (TPSA) is 54.9 Å². The molecule has 0 aliphatic carbocycles. The Morgan fingerprint density at radius 1 is 1.69 bits per heavy atom. The highest BCUT2D eigenvalue weighted by Gasteiger charge is 2.11. The van der Waals surface area contributed by atoms with Gasteiger partial charge in [-0.15, -0.1) is 10.2 Å². The second-order valence-electron chi connectivity index (χ2n) is 2.46. The number of anilines is 1. The number of hydrogen-bond donors (Lipinski definition) is 1. The standard InChI is InChI=1S/C7H10BrN3OS/c1-3-5-10-11-7(13-5)9-6(12)4(2)8/h4H,3H2,1-2H3,(H,9,11,12)/t4-/m0/s1. The Morgan fingerprint density at radius 3 is 2.85 bits per heavy atom. The van der Waals surface area contributed by atoms with Crippen LogP contribution in [0.5, 0.6) is 0 Å². The molecule has 13 heavy (non-hydrogen) atoms. The van der Waals surface area contributed by atoms with E-state index in [1.54, 1.807) is 6.92 Å². The average Bonchev–Trinajstić information content (AvgIpc) is 2.52. The molecule has 1 rings (SSSR count). The summed E-state index contributed by atoms with van der Waals surface area (Å²) in [7, 11) is 0. The van der Waals surface area contributed by atoms with Gasteiger partial charge in [0.25, 0.3) is 0 Å². The van der Waals surface area contributed by atoms with Crippen molar-refractivity contribution in [3.8, 4) is 0 Å². The van der Waals surface area contributed by atoms with Gasteiger partial charge in [-0.2, -0.15) is 0 Å². The molecule has 0 spiro atoms. The van der Waals surface area contributed by atoms with Crippen molar-refractivity contribution in [3.63, 3.8) is 0 Å². The molecule has 0 radical (unpaired) electrons. The van der Waals surface area contributed by atoms with E-state index in [-0.39, 0.29) is 10.7 Å². The van der Waals surface area contributed by atoms with Crippen molar-refractivity contribution in [1.29, 1.82) is 0 Å². The predicted molar refractivity (Wildman–Crippen MR) is 56.3 cm³/mol. The number of nitrogens with zero attached hydrogens (tertiary/aromatic N) is 2. The van der Waals surface area contributed by atoms with Crippen LogP contribution in [-0.2, 0) is 11.2 Å². The van der Waals surface area contributed by atoms with E-state index in [1.807, 2.05) is 6.92 Å².